The number of aromatic hydroxyl groups is 1. The molecule has 0 unspecified atom stereocenters. The monoisotopic (exact) mass is 266 g/mol. The molecule has 1 aliphatic rings. The molecule has 1 aliphatic carbocycles. The number of phenolic OH excluding ortho intramolecular Hbond substituents is 1. The largest absolute Gasteiger partial charge is 0.505 e. The van der Waals surface area contributed by atoms with Crippen LogP contribution in [0.25, 0.3) is 0 Å². The Bertz CT molecular complexity index is 457. The third-order valence-electron chi connectivity index (χ3n) is 3.78. The summed E-state index contributed by atoms with van der Waals surface area (Å²) in [5, 5.41) is 12.9. The standard InChI is InChI=1S/C14H19FN2O2/c15-12-3-1-2-10(13(12)18)8-17-11-6-4-9(5-7-11)14(16)19/h1-3,9,11,17-18H,4-8H2,(H2,16,19). The van der Waals surface area contributed by atoms with E-state index in [1.165, 1.54) is 6.07 Å². The van der Waals surface area contributed by atoms with Crippen LogP contribution in [0.2, 0.25) is 0 Å². The number of rotatable bonds is 4. The summed E-state index contributed by atoms with van der Waals surface area (Å²) in [5.41, 5.74) is 5.83. The van der Waals surface area contributed by atoms with Gasteiger partial charge in [0.25, 0.3) is 0 Å². The van der Waals surface area contributed by atoms with Crippen LogP contribution in [0, 0.1) is 11.7 Å². The van der Waals surface area contributed by atoms with E-state index >= 15 is 0 Å². The third kappa shape index (κ3) is 3.44. The molecule has 19 heavy (non-hydrogen) atoms. The molecule has 0 heterocycles. The van der Waals surface area contributed by atoms with Crippen molar-refractivity contribution in [2.24, 2.45) is 11.7 Å². The second-order valence-corrected chi connectivity index (χ2v) is 5.08. The molecular weight excluding hydrogens is 247 g/mol. The summed E-state index contributed by atoms with van der Waals surface area (Å²) in [6.07, 6.45) is 3.34. The molecule has 0 bridgehead atoms. The highest BCUT2D eigenvalue weighted by molar-refractivity contribution is 5.76. The van der Waals surface area contributed by atoms with E-state index in [9.17, 15) is 14.3 Å². The lowest BCUT2D eigenvalue weighted by molar-refractivity contribution is -0.122. The van der Waals surface area contributed by atoms with Crippen LogP contribution >= 0.6 is 0 Å². The number of para-hydroxylation sites is 1. The summed E-state index contributed by atoms with van der Waals surface area (Å²) in [4.78, 5) is 11.0. The van der Waals surface area contributed by atoms with Gasteiger partial charge in [-0.2, -0.15) is 0 Å². The minimum absolute atomic E-state index is 0.0133. The number of nitrogens with one attached hydrogen (secondary N) is 1. The van der Waals surface area contributed by atoms with E-state index in [4.69, 9.17) is 5.73 Å². The molecule has 0 aliphatic heterocycles. The summed E-state index contributed by atoms with van der Waals surface area (Å²) >= 11 is 0. The van der Waals surface area contributed by atoms with Gasteiger partial charge in [0.15, 0.2) is 11.6 Å². The predicted molar refractivity (Wildman–Crippen MR) is 69.8 cm³/mol. The number of hydrogen-bond acceptors (Lipinski definition) is 3. The Morgan fingerprint density at radius 2 is 2.05 bits per heavy atom. The lowest BCUT2D eigenvalue weighted by Gasteiger charge is -2.27. The Hall–Kier alpha value is -1.62. The smallest absolute Gasteiger partial charge is 0.220 e. The van der Waals surface area contributed by atoms with E-state index in [1.54, 1.807) is 12.1 Å². The molecule has 0 saturated heterocycles. The summed E-state index contributed by atoms with van der Waals surface area (Å²) in [6, 6.07) is 4.80. The van der Waals surface area contributed by atoms with Crippen LogP contribution in [0.4, 0.5) is 4.39 Å². The number of halogens is 1. The molecule has 1 fully saturated rings. The maximum atomic E-state index is 13.2. The predicted octanol–water partition coefficient (Wildman–Crippen LogP) is 1.66. The normalized spacial score (nSPS) is 23.2. The molecule has 104 valence electrons. The maximum absolute atomic E-state index is 13.2. The molecule has 5 heteroatoms. The highest BCUT2D eigenvalue weighted by Crippen LogP contribution is 2.25. The van der Waals surface area contributed by atoms with Gasteiger partial charge in [-0.1, -0.05) is 12.1 Å². The molecule has 0 spiro atoms. The lowest BCUT2D eigenvalue weighted by atomic mass is 9.85. The fourth-order valence-electron chi connectivity index (χ4n) is 2.54. The van der Waals surface area contributed by atoms with Crippen molar-refractivity contribution in [1.82, 2.24) is 5.32 Å². The van der Waals surface area contributed by atoms with Gasteiger partial charge in [-0.25, -0.2) is 4.39 Å². The quantitative estimate of drug-likeness (QED) is 0.776. The summed E-state index contributed by atoms with van der Waals surface area (Å²) < 4.78 is 13.2. The number of carbonyl (C=O) groups excluding carboxylic acids is 1. The Labute approximate surface area is 111 Å². The SMILES string of the molecule is NC(=O)C1CCC(NCc2cccc(F)c2O)CC1. The van der Waals surface area contributed by atoms with E-state index < -0.39 is 5.82 Å². The maximum Gasteiger partial charge on any atom is 0.220 e. The molecule has 2 rings (SSSR count). The van der Waals surface area contributed by atoms with Crippen LogP contribution in [0.15, 0.2) is 18.2 Å². The van der Waals surface area contributed by atoms with Crippen molar-refractivity contribution in [3.8, 4) is 5.75 Å². The van der Waals surface area contributed by atoms with Gasteiger partial charge < -0.3 is 16.2 Å². The van der Waals surface area contributed by atoms with E-state index in [-0.39, 0.29) is 17.6 Å². The zero-order valence-corrected chi connectivity index (χ0v) is 10.7. The van der Waals surface area contributed by atoms with Gasteiger partial charge in [0, 0.05) is 24.1 Å². The molecule has 4 N–H and O–H groups in total. The van der Waals surface area contributed by atoms with E-state index in [0.717, 1.165) is 25.7 Å². The topological polar surface area (TPSA) is 75.4 Å². The fraction of sp³-hybridized carbons (Fsp3) is 0.500. The molecule has 0 atom stereocenters. The number of benzene rings is 1. The molecule has 0 aromatic heterocycles. The van der Waals surface area contributed by atoms with Crippen molar-refractivity contribution in [3.05, 3.63) is 29.6 Å². The first kappa shape index (κ1) is 13.8. The van der Waals surface area contributed by atoms with Crippen molar-refractivity contribution in [2.75, 3.05) is 0 Å². The zero-order valence-electron chi connectivity index (χ0n) is 10.7. The number of primary amides is 1. The third-order valence-corrected chi connectivity index (χ3v) is 3.78. The van der Waals surface area contributed by atoms with Gasteiger partial charge >= 0.3 is 0 Å². The first-order valence-corrected chi connectivity index (χ1v) is 6.57. The Kier molecular flexibility index (Phi) is 4.37. The van der Waals surface area contributed by atoms with Crippen LogP contribution in [0.1, 0.15) is 31.2 Å². The van der Waals surface area contributed by atoms with Crippen LogP contribution < -0.4 is 11.1 Å². The average Bonchev–Trinajstić information content (AvgIpc) is 2.41. The van der Waals surface area contributed by atoms with Crippen molar-refractivity contribution < 1.29 is 14.3 Å². The first-order valence-electron chi connectivity index (χ1n) is 6.57. The molecule has 1 aromatic carbocycles. The summed E-state index contributed by atoms with van der Waals surface area (Å²) in [7, 11) is 0. The number of carbonyl (C=O) groups is 1. The van der Waals surface area contributed by atoms with Crippen LogP contribution in [0.5, 0.6) is 5.75 Å². The highest BCUT2D eigenvalue weighted by atomic mass is 19.1. The molecule has 1 aromatic rings. The van der Waals surface area contributed by atoms with Crippen molar-refractivity contribution in [1.29, 1.82) is 0 Å². The number of amides is 1. The van der Waals surface area contributed by atoms with Crippen LogP contribution in [0.3, 0.4) is 0 Å². The Balaban J connectivity index is 1.84. The van der Waals surface area contributed by atoms with Crippen LogP contribution in [-0.2, 0) is 11.3 Å². The van der Waals surface area contributed by atoms with Crippen molar-refractivity contribution in [3.63, 3.8) is 0 Å². The molecule has 1 saturated carbocycles. The molecule has 1 amide bonds. The second-order valence-electron chi connectivity index (χ2n) is 5.08. The number of nitrogens with two attached hydrogens (primary N) is 1. The molecule has 0 radical (unpaired) electrons. The van der Waals surface area contributed by atoms with E-state index in [1.807, 2.05) is 0 Å². The number of phenols is 1. The Morgan fingerprint density at radius 1 is 1.37 bits per heavy atom. The van der Waals surface area contributed by atoms with Crippen LogP contribution in [-0.4, -0.2) is 17.1 Å². The fourth-order valence-corrected chi connectivity index (χ4v) is 2.54. The second kappa shape index (κ2) is 6.02. The van der Waals surface area contributed by atoms with Gasteiger partial charge in [0.05, 0.1) is 0 Å². The van der Waals surface area contributed by atoms with Gasteiger partial charge in [-0.15, -0.1) is 0 Å². The van der Waals surface area contributed by atoms with Gasteiger partial charge in [-0.05, 0) is 31.7 Å². The van der Waals surface area contributed by atoms with Gasteiger partial charge in [0.1, 0.15) is 0 Å². The first-order chi connectivity index (χ1) is 9.08. The average molecular weight is 266 g/mol. The van der Waals surface area contributed by atoms with Crippen molar-refractivity contribution in [2.45, 2.75) is 38.3 Å². The van der Waals surface area contributed by atoms with E-state index in [2.05, 4.69) is 5.32 Å². The number of hydrogen-bond donors (Lipinski definition) is 3. The van der Waals surface area contributed by atoms with Gasteiger partial charge in [-0.3, -0.25) is 4.79 Å². The molecular formula is C14H19FN2O2. The minimum Gasteiger partial charge on any atom is -0.505 e. The molecule has 4 nitrogen and oxygen atoms in total. The summed E-state index contributed by atoms with van der Waals surface area (Å²) in [6.45, 7) is 0.426. The van der Waals surface area contributed by atoms with Gasteiger partial charge in [0.2, 0.25) is 5.91 Å². The highest BCUT2D eigenvalue weighted by Gasteiger charge is 2.24. The summed E-state index contributed by atoms with van der Waals surface area (Å²) in [5.74, 6) is -1.13. The Morgan fingerprint density at radius 3 is 2.68 bits per heavy atom. The minimum atomic E-state index is -0.600. The van der Waals surface area contributed by atoms with E-state index in [0.29, 0.717) is 18.2 Å². The zero-order chi connectivity index (χ0) is 13.8. The van der Waals surface area contributed by atoms with Crippen molar-refractivity contribution >= 4 is 5.91 Å². The lowest BCUT2D eigenvalue weighted by Crippen LogP contribution is -2.36.